The first-order valence-corrected chi connectivity index (χ1v) is 6.70. The summed E-state index contributed by atoms with van der Waals surface area (Å²) in [5.41, 5.74) is 6.73. The highest BCUT2D eigenvalue weighted by Crippen LogP contribution is 2.20. The lowest BCUT2D eigenvalue weighted by Gasteiger charge is -2.11. The van der Waals surface area contributed by atoms with Crippen molar-refractivity contribution in [3.05, 3.63) is 15.1 Å². The normalized spacial score (nSPS) is 19.8. The molecule has 2 heterocycles. The second-order valence-electron chi connectivity index (χ2n) is 4.06. The highest BCUT2D eigenvalue weighted by atomic mass is 127. The molecule has 0 spiro atoms. The van der Waals surface area contributed by atoms with Crippen LogP contribution in [0.2, 0.25) is 0 Å². The van der Waals surface area contributed by atoms with Crippen LogP contribution in [0.1, 0.15) is 24.4 Å². The molecule has 5 nitrogen and oxygen atoms in total. The molecule has 6 heteroatoms. The van der Waals surface area contributed by atoms with E-state index >= 15 is 0 Å². The molecular formula is C11H16IN3O2. The maximum atomic E-state index is 5.87. The van der Waals surface area contributed by atoms with Gasteiger partial charge in [0.05, 0.1) is 22.0 Å². The molecular weight excluding hydrogens is 333 g/mol. The minimum atomic E-state index is 0.241. The maximum Gasteiger partial charge on any atom is 0.140 e. The lowest BCUT2D eigenvalue weighted by atomic mass is 10.2. The minimum absolute atomic E-state index is 0.241. The van der Waals surface area contributed by atoms with Gasteiger partial charge in [0, 0.05) is 20.1 Å². The molecule has 0 saturated carbocycles. The second kappa shape index (κ2) is 5.92. The van der Waals surface area contributed by atoms with Crippen molar-refractivity contribution in [3.8, 4) is 0 Å². The highest BCUT2D eigenvalue weighted by molar-refractivity contribution is 14.1. The summed E-state index contributed by atoms with van der Waals surface area (Å²) >= 11 is 2.15. The van der Waals surface area contributed by atoms with Gasteiger partial charge in [-0.2, -0.15) is 0 Å². The van der Waals surface area contributed by atoms with Crippen molar-refractivity contribution in [2.75, 3.05) is 19.5 Å². The Kier molecular flexibility index (Phi) is 4.52. The van der Waals surface area contributed by atoms with Crippen LogP contribution < -0.4 is 5.73 Å². The fourth-order valence-corrected chi connectivity index (χ4v) is 2.30. The fraction of sp³-hybridized carbons (Fsp3) is 0.636. The first-order valence-electron chi connectivity index (χ1n) is 5.62. The average Bonchev–Trinajstić information content (AvgIpc) is 2.78. The smallest absolute Gasteiger partial charge is 0.140 e. The zero-order valence-electron chi connectivity index (χ0n) is 9.78. The van der Waals surface area contributed by atoms with Crippen LogP contribution in [0.3, 0.4) is 0 Å². The van der Waals surface area contributed by atoms with E-state index in [9.17, 15) is 0 Å². The number of hydrogen-bond donors (Lipinski definition) is 1. The molecule has 0 bridgehead atoms. The van der Waals surface area contributed by atoms with Gasteiger partial charge in [0.15, 0.2) is 0 Å². The molecule has 94 valence electrons. The number of anilines is 1. The molecule has 2 rings (SSSR count). The number of methoxy groups -OCH3 is 1. The quantitative estimate of drug-likeness (QED) is 0.835. The van der Waals surface area contributed by atoms with E-state index in [0.29, 0.717) is 12.4 Å². The summed E-state index contributed by atoms with van der Waals surface area (Å²) in [6.07, 6.45) is 3.17. The summed E-state index contributed by atoms with van der Waals surface area (Å²) in [6.45, 7) is 1.30. The van der Waals surface area contributed by atoms with Gasteiger partial charge in [-0.15, -0.1) is 0 Å². The predicted molar refractivity (Wildman–Crippen MR) is 72.6 cm³/mol. The lowest BCUT2D eigenvalue weighted by Crippen LogP contribution is -2.15. The second-order valence-corrected chi connectivity index (χ2v) is 5.14. The van der Waals surface area contributed by atoms with Gasteiger partial charge in [-0.1, -0.05) is 0 Å². The molecule has 0 amide bonds. The summed E-state index contributed by atoms with van der Waals surface area (Å²) in [6, 6.07) is 0. The van der Waals surface area contributed by atoms with Gasteiger partial charge in [-0.05, 0) is 35.4 Å². The van der Waals surface area contributed by atoms with E-state index in [4.69, 9.17) is 15.2 Å². The molecule has 0 aliphatic carbocycles. The van der Waals surface area contributed by atoms with Crippen LogP contribution in [0.5, 0.6) is 0 Å². The monoisotopic (exact) mass is 349 g/mol. The summed E-state index contributed by atoms with van der Waals surface area (Å²) < 4.78 is 11.6. The topological polar surface area (TPSA) is 70.3 Å². The minimum Gasteiger partial charge on any atom is -0.383 e. The van der Waals surface area contributed by atoms with Crippen LogP contribution in [0.4, 0.5) is 5.82 Å². The Hall–Kier alpha value is -0.470. The fourth-order valence-electron chi connectivity index (χ4n) is 1.90. The number of hydrogen-bond acceptors (Lipinski definition) is 5. The Bertz CT molecular complexity index is 395. The van der Waals surface area contributed by atoms with E-state index in [0.717, 1.165) is 41.0 Å². The molecule has 1 atom stereocenters. The van der Waals surface area contributed by atoms with Crippen LogP contribution in [0.25, 0.3) is 0 Å². The molecule has 1 aromatic rings. The summed E-state index contributed by atoms with van der Waals surface area (Å²) in [7, 11) is 1.65. The molecule has 1 fully saturated rings. The van der Waals surface area contributed by atoms with E-state index in [2.05, 4.69) is 32.6 Å². The number of nitrogens with zero attached hydrogens (tertiary/aromatic N) is 2. The molecule has 1 aliphatic heterocycles. The predicted octanol–water partition coefficient (Wildman–Crippen LogP) is 1.53. The van der Waals surface area contributed by atoms with Crippen LogP contribution >= 0.6 is 22.6 Å². The van der Waals surface area contributed by atoms with Gasteiger partial charge in [0.1, 0.15) is 11.6 Å². The van der Waals surface area contributed by atoms with E-state index in [1.54, 1.807) is 7.11 Å². The van der Waals surface area contributed by atoms with Crippen LogP contribution in [0, 0.1) is 3.57 Å². The van der Waals surface area contributed by atoms with Crippen LogP contribution in [-0.2, 0) is 22.5 Å². The van der Waals surface area contributed by atoms with Crippen molar-refractivity contribution >= 4 is 28.4 Å². The average molecular weight is 349 g/mol. The Morgan fingerprint density at radius 1 is 1.53 bits per heavy atom. The number of ether oxygens (including phenoxy) is 2. The standard InChI is InChI=1S/C11H16IN3O2/c1-16-6-8-10(12)11(13)15-9(14-8)5-7-3-2-4-17-7/h7H,2-6H2,1H3,(H2,13,14,15). The molecule has 1 saturated heterocycles. The van der Waals surface area contributed by atoms with Crippen molar-refractivity contribution in [1.29, 1.82) is 0 Å². The van der Waals surface area contributed by atoms with Gasteiger partial charge >= 0.3 is 0 Å². The van der Waals surface area contributed by atoms with Gasteiger partial charge < -0.3 is 15.2 Å². The molecule has 1 unspecified atom stereocenters. The summed E-state index contributed by atoms with van der Waals surface area (Å²) in [5.74, 6) is 1.28. The first kappa shape index (κ1) is 13.0. The first-order chi connectivity index (χ1) is 8.20. The number of halogens is 1. The van der Waals surface area contributed by atoms with Crippen molar-refractivity contribution in [2.45, 2.75) is 32.0 Å². The third-order valence-corrected chi connectivity index (χ3v) is 3.88. The van der Waals surface area contributed by atoms with Crippen molar-refractivity contribution in [3.63, 3.8) is 0 Å². The SMILES string of the molecule is COCc1nc(CC2CCCO2)nc(N)c1I. The molecule has 0 radical (unpaired) electrons. The van der Waals surface area contributed by atoms with E-state index in [1.165, 1.54) is 0 Å². The van der Waals surface area contributed by atoms with E-state index in [-0.39, 0.29) is 6.10 Å². The molecule has 2 N–H and O–H groups in total. The van der Waals surface area contributed by atoms with Crippen molar-refractivity contribution in [2.24, 2.45) is 0 Å². The van der Waals surface area contributed by atoms with E-state index in [1.807, 2.05) is 0 Å². The van der Waals surface area contributed by atoms with Crippen molar-refractivity contribution in [1.82, 2.24) is 9.97 Å². The van der Waals surface area contributed by atoms with Gasteiger partial charge in [0.2, 0.25) is 0 Å². The number of rotatable bonds is 4. The van der Waals surface area contributed by atoms with Gasteiger partial charge in [-0.3, -0.25) is 0 Å². The van der Waals surface area contributed by atoms with Gasteiger partial charge in [-0.25, -0.2) is 9.97 Å². The Labute approximate surface area is 114 Å². The third-order valence-electron chi connectivity index (χ3n) is 2.71. The maximum absolute atomic E-state index is 5.87. The largest absolute Gasteiger partial charge is 0.383 e. The van der Waals surface area contributed by atoms with Crippen LogP contribution in [0.15, 0.2) is 0 Å². The Balaban J connectivity index is 2.16. The number of nitrogen functional groups attached to an aromatic ring is 1. The zero-order valence-corrected chi connectivity index (χ0v) is 11.9. The number of nitrogens with two attached hydrogens (primary N) is 1. The lowest BCUT2D eigenvalue weighted by molar-refractivity contribution is 0.109. The third kappa shape index (κ3) is 3.26. The van der Waals surface area contributed by atoms with Crippen LogP contribution in [-0.4, -0.2) is 29.8 Å². The highest BCUT2D eigenvalue weighted by Gasteiger charge is 2.19. The van der Waals surface area contributed by atoms with E-state index < -0.39 is 0 Å². The number of aromatic nitrogens is 2. The Morgan fingerprint density at radius 3 is 3.00 bits per heavy atom. The van der Waals surface area contributed by atoms with Crippen molar-refractivity contribution < 1.29 is 9.47 Å². The summed E-state index contributed by atoms with van der Waals surface area (Å²) in [4.78, 5) is 8.79. The summed E-state index contributed by atoms with van der Waals surface area (Å²) in [5, 5.41) is 0. The zero-order chi connectivity index (χ0) is 12.3. The Morgan fingerprint density at radius 2 is 2.35 bits per heavy atom. The molecule has 1 aromatic heterocycles. The molecule has 1 aliphatic rings. The van der Waals surface area contributed by atoms with Gasteiger partial charge in [0.25, 0.3) is 0 Å². The molecule has 0 aromatic carbocycles. The molecule has 17 heavy (non-hydrogen) atoms.